The van der Waals surface area contributed by atoms with Crippen LogP contribution in [0.4, 0.5) is 0 Å². The van der Waals surface area contributed by atoms with Crippen LogP contribution < -0.4 is 0 Å². The van der Waals surface area contributed by atoms with Crippen LogP contribution in [0.1, 0.15) is 18.1 Å². The quantitative estimate of drug-likeness (QED) is 0.531. The smallest absolute Gasteiger partial charge is 0.0340 e. The molecule has 1 aromatic rings. The summed E-state index contributed by atoms with van der Waals surface area (Å²) >= 11 is 0. The van der Waals surface area contributed by atoms with Crippen molar-refractivity contribution in [1.82, 2.24) is 0 Å². The van der Waals surface area contributed by atoms with E-state index >= 15 is 0 Å². The van der Waals surface area contributed by atoms with E-state index in [2.05, 4.69) is 43.0 Å². The van der Waals surface area contributed by atoms with Crippen molar-refractivity contribution in [3.63, 3.8) is 0 Å². The Kier molecular flexibility index (Phi) is 2.74. The molecule has 0 spiro atoms. The minimum absolute atomic E-state index is 0.872. The fourth-order valence-electron chi connectivity index (χ4n) is 0.896. The largest absolute Gasteiger partial charge is 0.106 e. The lowest BCUT2D eigenvalue weighted by Crippen LogP contribution is -1.80. The molecule has 0 saturated carbocycles. The van der Waals surface area contributed by atoms with Crippen molar-refractivity contribution in [3.8, 4) is 11.8 Å². The van der Waals surface area contributed by atoms with Crippen LogP contribution in [0.15, 0.2) is 24.3 Å². The number of rotatable bonds is 1. The van der Waals surface area contributed by atoms with Crippen molar-refractivity contribution in [2.24, 2.45) is 0 Å². The number of aryl methyl sites for hydroxylation is 1. The average molecular weight is 144 g/mol. The van der Waals surface area contributed by atoms with Gasteiger partial charge in [-0.05, 0) is 19.4 Å². The molecule has 0 amide bonds. The summed E-state index contributed by atoms with van der Waals surface area (Å²) in [5.74, 6) is 5.91. The third kappa shape index (κ3) is 2.47. The summed E-state index contributed by atoms with van der Waals surface area (Å²) in [7, 11) is 0. The Bertz CT molecular complexity index is 269. The van der Waals surface area contributed by atoms with Crippen molar-refractivity contribution >= 4 is 0 Å². The molecule has 0 heterocycles. The monoisotopic (exact) mass is 144 g/mol. The van der Waals surface area contributed by atoms with Gasteiger partial charge in [0.1, 0.15) is 0 Å². The lowest BCUT2D eigenvalue weighted by molar-refractivity contribution is 1.30. The van der Waals surface area contributed by atoms with Gasteiger partial charge in [0, 0.05) is 6.42 Å². The van der Waals surface area contributed by atoms with Crippen molar-refractivity contribution in [2.45, 2.75) is 20.3 Å². The molecule has 0 bridgehead atoms. The summed E-state index contributed by atoms with van der Waals surface area (Å²) in [6, 6.07) is 8.48. The summed E-state index contributed by atoms with van der Waals surface area (Å²) in [5, 5.41) is 0. The van der Waals surface area contributed by atoms with E-state index in [0.29, 0.717) is 0 Å². The number of hydrogen-bond acceptors (Lipinski definition) is 0. The summed E-state index contributed by atoms with van der Waals surface area (Å²) in [4.78, 5) is 0. The van der Waals surface area contributed by atoms with E-state index in [-0.39, 0.29) is 0 Å². The maximum absolute atomic E-state index is 3.03. The van der Waals surface area contributed by atoms with E-state index in [9.17, 15) is 0 Å². The van der Waals surface area contributed by atoms with Gasteiger partial charge in [-0.15, -0.1) is 5.92 Å². The summed E-state index contributed by atoms with van der Waals surface area (Å²) < 4.78 is 0. The first-order valence-corrected chi connectivity index (χ1v) is 3.78. The van der Waals surface area contributed by atoms with E-state index < -0.39 is 0 Å². The van der Waals surface area contributed by atoms with Crippen LogP contribution in [0.2, 0.25) is 0 Å². The van der Waals surface area contributed by atoms with Gasteiger partial charge in [0.05, 0.1) is 0 Å². The highest BCUT2D eigenvalue weighted by molar-refractivity contribution is 5.24. The van der Waals surface area contributed by atoms with Crippen molar-refractivity contribution in [3.05, 3.63) is 35.4 Å². The maximum Gasteiger partial charge on any atom is 0.0340 e. The zero-order chi connectivity index (χ0) is 8.10. The van der Waals surface area contributed by atoms with Gasteiger partial charge >= 0.3 is 0 Å². The summed E-state index contributed by atoms with van der Waals surface area (Å²) in [6.45, 7) is 3.96. The van der Waals surface area contributed by atoms with E-state index in [0.717, 1.165) is 6.42 Å². The predicted octanol–water partition coefficient (Wildman–Crippen LogP) is 2.56. The van der Waals surface area contributed by atoms with Crippen LogP contribution in [0, 0.1) is 18.8 Å². The Labute approximate surface area is 68.3 Å². The average Bonchev–Trinajstić information content (AvgIpc) is 2.04. The molecule has 0 saturated heterocycles. The maximum atomic E-state index is 3.03. The second kappa shape index (κ2) is 3.83. The van der Waals surface area contributed by atoms with E-state index in [1.165, 1.54) is 11.1 Å². The standard InChI is InChI=1S/C11H12/c1-3-4-5-11-8-6-10(2)7-9-11/h6-9H,5H2,1-2H3. The molecule has 0 radical (unpaired) electrons. The molecular formula is C11H12. The van der Waals surface area contributed by atoms with E-state index in [1.807, 2.05) is 6.92 Å². The summed E-state index contributed by atoms with van der Waals surface area (Å²) in [5.41, 5.74) is 2.60. The molecule has 0 aliphatic heterocycles. The highest BCUT2D eigenvalue weighted by Gasteiger charge is 1.87. The highest BCUT2D eigenvalue weighted by Crippen LogP contribution is 2.02. The van der Waals surface area contributed by atoms with Crippen LogP contribution >= 0.6 is 0 Å². The Morgan fingerprint density at radius 3 is 2.36 bits per heavy atom. The van der Waals surface area contributed by atoms with Crippen molar-refractivity contribution in [1.29, 1.82) is 0 Å². The fourth-order valence-corrected chi connectivity index (χ4v) is 0.896. The molecule has 11 heavy (non-hydrogen) atoms. The molecule has 0 atom stereocenters. The molecule has 0 aliphatic rings. The van der Waals surface area contributed by atoms with Gasteiger partial charge in [-0.1, -0.05) is 35.7 Å². The second-order valence-corrected chi connectivity index (χ2v) is 2.59. The van der Waals surface area contributed by atoms with Crippen LogP contribution in [0.5, 0.6) is 0 Å². The first-order valence-electron chi connectivity index (χ1n) is 3.78. The minimum atomic E-state index is 0.872. The molecule has 1 rings (SSSR count). The number of hydrogen-bond donors (Lipinski definition) is 0. The third-order valence-electron chi connectivity index (χ3n) is 1.59. The first kappa shape index (κ1) is 7.88. The zero-order valence-corrected chi connectivity index (χ0v) is 7.02. The molecule has 0 aromatic heterocycles. The minimum Gasteiger partial charge on any atom is -0.106 e. The molecule has 0 nitrogen and oxygen atoms in total. The lowest BCUT2D eigenvalue weighted by atomic mass is 10.1. The molecule has 56 valence electrons. The molecule has 1 aromatic carbocycles. The zero-order valence-electron chi connectivity index (χ0n) is 7.02. The van der Waals surface area contributed by atoms with Crippen LogP contribution in [0.25, 0.3) is 0 Å². The van der Waals surface area contributed by atoms with Gasteiger partial charge in [-0.25, -0.2) is 0 Å². The predicted molar refractivity (Wildman–Crippen MR) is 48.3 cm³/mol. The van der Waals surface area contributed by atoms with Gasteiger partial charge in [-0.3, -0.25) is 0 Å². The fraction of sp³-hybridized carbons (Fsp3) is 0.273. The van der Waals surface area contributed by atoms with Crippen molar-refractivity contribution < 1.29 is 0 Å². The third-order valence-corrected chi connectivity index (χ3v) is 1.59. The second-order valence-electron chi connectivity index (χ2n) is 2.59. The highest BCUT2D eigenvalue weighted by atomic mass is 13.9. The van der Waals surface area contributed by atoms with Crippen LogP contribution in [-0.2, 0) is 6.42 Å². The van der Waals surface area contributed by atoms with Crippen molar-refractivity contribution in [2.75, 3.05) is 0 Å². The molecule has 0 heteroatoms. The number of benzene rings is 1. The SMILES string of the molecule is CC#CCc1ccc(C)cc1. The van der Waals surface area contributed by atoms with Gasteiger partial charge in [-0.2, -0.15) is 0 Å². The topological polar surface area (TPSA) is 0 Å². The molecule has 0 N–H and O–H groups in total. The van der Waals surface area contributed by atoms with Gasteiger partial charge < -0.3 is 0 Å². The molecule has 0 fully saturated rings. The van der Waals surface area contributed by atoms with Crippen LogP contribution in [0.3, 0.4) is 0 Å². The molecule has 0 unspecified atom stereocenters. The first-order chi connectivity index (χ1) is 5.33. The van der Waals surface area contributed by atoms with E-state index in [1.54, 1.807) is 0 Å². The van der Waals surface area contributed by atoms with Gasteiger partial charge in [0.25, 0.3) is 0 Å². The summed E-state index contributed by atoms with van der Waals surface area (Å²) in [6.07, 6.45) is 0.872. The Morgan fingerprint density at radius 2 is 1.82 bits per heavy atom. The molecule has 0 aliphatic carbocycles. The van der Waals surface area contributed by atoms with E-state index in [4.69, 9.17) is 0 Å². The normalized spacial score (nSPS) is 8.55. The Balaban J connectivity index is 2.71. The Hall–Kier alpha value is -1.22. The van der Waals surface area contributed by atoms with Crippen LogP contribution in [-0.4, -0.2) is 0 Å². The Morgan fingerprint density at radius 1 is 1.18 bits per heavy atom. The lowest BCUT2D eigenvalue weighted by Gasteiger charge is -1.94. The molecular weight excluding hydrogens is 132 g/mol. The van der Waals surface area contributed by atoms with Gasteiger partial charge in [0.15, 0.2) is 0 Å². The van der Waals surface area contributed by atoms with Gasteiger partial charge in [0.2, 0.25) is 0 Å².